The number of nitrogens with zero attached hydrogens (tertiary/aromatic N) is 1. The summed E-state index contributed by atoms with van der Waals surface area (Å²) in [7, 11) is 0. The average Bonchev–Trinajstić information content (AvgIpc) is 2.60. The molecule has 1 amide bonds. The van der Waals surface area contributed by atoms with Gasteiger partial charge in [0.15, 0.2) is 0 Å². The summed E-state index contributed by atoms with van der Waals surface area (Å²) < 4.78 is 1.15. The molecule has 1 aliphatic heterocycles. The van der Waals surface area contributed by atoms with Crippen LogP contribution >= 0.6 is 27.3 Å². The minimum atomic E-state index is 0.205. The molecule has 4 heteroatoms. The van der Waals surface area contributed by atoms with Crippen molar-refractivity contribution in [1.82, 2.24) is 4.90 Å². The highest BCUT2D eigenvalue weighted by molar-refractivity contribution is 9.11. The fourth-order valence-electron chi connectivity index (χ4n) is 1.93. The van der Waals surface area contributed by atoms with Gasteiger partial charge in [-0.1, -0.05) is 6.92 Å². The zero-order valence-corrected chi connectivity index (χ0v) is 11.1. The van der Waals surface area contributed by atoms with Gasteiger partial charge in [-0.05, 0) is 45.8 Å². The van der Waals surface area contributed by atoms with Gasteiger partial charge in [-0.2, -0.15) is 0 Å². The maximum absolute atomic E-state index is 11.9. The highest BCUT2D eigenvalue weighted by Gasteiger charge is 2.25. The second kappa shape index (κ2) is 4.66. The molecule has 0 aromatic carbocycles. The fourth-order valence-corrected chi connectivity index (χ4v) is 3.15. The Balaban J connectivity index is 2.05. The first-order valence-electron chi connectivity index (χ1n) is 5.19. The molecule has 1 fully saturated rings. The van der Waals surface area contributed by atoms with Gasteiger partial charge in [-0.3, -0.25) is 4.79 Å². The van der Waals surface area contributed by atoms with E-state index in [0.29, 0.717) is 5.91 Å². The largest absolute Gasteiger partial charge is 0.338 e. The first-order valence-corrected chi connectivity index (χ1v) is 6.86. The third-order valence-electron chi connectivity index (χ3n) is 2.85. The van der Waals surface area contributed by atoms with Crippen LogP contribution in [0.3, 0.4) is 0 Å². The summed E-state index contributed by atoms with van der Waals surface area (Å²) in [6.07, 6.45) is 2.18. The molecule has 0 aliphatic carbocycles. The van der Waals surface area contributed by atoms with E-state index in [2.05, 4.69) is 27.4 Å². The Kier molecular flexibility index (Phi) is 3.46. The van der Waals surface area contributed by atoms with Crippen LogP contribution in [0.5, 0.6) is 0 Å². The Bertz CT molecular complexity index is 363. The van der Waals surface area contributed by atoms with Gasteiger partial charge in [0.1, 0.15) is 0 Å². The lowest BCUT2D eigenvalue weighted by Crippen LogP contribution is -2.39. The highest BCUT2D eigenvalue weighted by atomic mass is 79.9. The van der Waals surface area contributed by atoms with Gasteiger partial charge in [0.25, 0.3) is 0 Å². The Morgan fingerprint density at radius 3 is 3.13 bits per heavy atom. The molecular weight excluding hydrogens is 274 g/mol. The van der Waals surface area contributed by atoms with E-state index >= 15 is 0 Å². The predicted molar refractivity (Wildman–Crippen MR) is 65.8 cm³/mol. The summed E-state index contributed by atoms with van der Waals surface area (Å²) in [5, 5.41) is 2.05. The van der Waals surface area contributed by atoms with Crippen molar-refractivity contribution in [1.29, 1.82) is 0 Å². The van der Waals surface area contributed by atoms with Gasteiger partial charge in [0.05, 0.1) is 3.79 Å². The van der Waals surface area contributed by atoms with E-state index in [-0.39, 0.29) is 5.92 Å². The number of hydrogen-bond acceptors (Lipinski definition) is 2. The van der Waals surface area contributed by atoms with Crippen molar-refractivity contribution < 1.29 is 4.79 Å². The molecule has 1 aromatic heterocycles. The summed E-state index contributed by atoms with van der Waals surface area (Å²) >= 11 is 5.18. The molecule has 1 unspecified atom stereocenters. The van der Waals surface area contributed by atoms with Crippen LogP contribution in [0.2, 0.25) is 0 Å². The zero-order valence-electron chi connectivity index (χ0n) is 8.70. The second-order valence-corrected chi connectivity index (χ2v) is 6.26. The van der Waals surface area contributed by atoms with Crippen LogP contribution in [-0.2, 0) is 11.3 Å². The number of halogens is 1. The average molecular weight is 288 g/mol. The molecule has 82 valence electrons. The molecule has 15 heavy (non-hydrogen) atoms. The summed E-state index contributed by atoms with van der Waals surface area (Å²) in [6, 6.07) is 2.08. The Morgan fingerprint density at radius 2 is 2.47 bits per heavy atom. The van der Waals surface area contributed by atoms with Crippen molar-refractivity contribution in [2.75, 3.05) is 6.54 Å². The number of amides is 1. The monoisotopic (exact) mass is 287 g/mol. The van der Waals surface area contributed by atoms with E-state index in [0.717, 1.165) is 29.7 Å². The quantitative estimate of drug-likeness (QED) is 0.818. The summed E-state index contributed by atoms with van der Waals surface area (Å²) in [6.45, 7) is 3.69. The zero-order chi connectivity index (χ0) is 10.8. The van der Waals surface area contributed by atoms with Crippen molar-refractivity contribution in [2.24, 2.45) is 5.92 Å². The van der Waals surface area contributed by atoms with E-state index in [4.69, 9.17) is 0 Å². The molecule has 0 N–H and O–H groups in total. The van der Waals surface area contributed by atoms with Crippen molar-refractivity contribution >= 4 is 33.2 Å². The summed E-state index contributed by atoms with van der Waals surface area (Å²) in [5.41, 5.74) is 1.22. The summed E-state index contributed by atoms with van der Waals surface area (Å²) in [4.78, 5) is 13.9. The molecule has 2 nitrogen and oxygen atoms in total. The molecule has 1 aliphatic rings. The number of likely N-dealkylation sites (tertiary alicyclic amines) is 1. The third-order valence-corrected chi connectivity index (χ3v) is 4.66. The molecule has 1 aromatic rings. The van der Waals surface area contributed by atoms with Gasteiger partial charge in [0.2, 0.25) is 5.91 Å². The van der Waals surface area contributed by atoms with E-state index < -0.39 is 0 Å². The van der Waals surface area contributed by atoms with Gasteiger partial charge < -0.3 is 4.90 Å². The highest BCUT2D eigenvalue weighted by Crippen LogP contribution is 2.26. The van der Waals surface area contributed by atoms with Gasteiger partial charge in [-0.25, -0.2) is 0 Å². The molecule has 0 bridgehead atoms. The number of carbonyl (C=O) groups is 1. The number of hydrogen-bond donors (Lipinski definition) is 0. The molecule has 1 atom stereocenters. The molecule has 0 saturated carbocycles. The van der Waals surface area contributed by atoms with Crippen LogP contribution < -0.4 is 0 Å². The topological polar surface area (TPSA) is 20.3 Å². The Morgan fingerprint density at radius 1 is 1.67 bits per heavy atom. The molecule has 0 radical (unpaired) electrons. The third kappa shape index (κ3) is 2.42. The lowest BCUT2D eigenvalue weighted by atomic mass is 9.99. The number of thiophene rings is 1. The van der Waals surface area contributed by atoms with Crippen LogP contribution in [0.15, 0.2) is 15.2 Å². The van der Waals surface area contributed by atoms with Crippen LogP contribution in [0.1, 0.15) is 25.3 Å². The van der Waals surface area contributed by atoms with Crippen LogP contribution in [0, 0.1) is 5.92 Å². The van der Waals surface area contributed by atoms with Crippen LogP contribution in [0.4, 0.5) is 0 Å². The minimum absolute atomic E-state index is 0.205. The summed E-state index contributed by atoms with van der Waals surface area (Å²) in [5.74, 6) is 0.510. The van der Waals surface area contributed by atoms with Crippen molar-refractivity contribution in [3.8, 4) is 0 Å². The molecule has 0 spiro atoms. The SMILES string of the molecule is CC1CCCN(Cc2ccsc2Br)C1=O. The van der Waals surface area contributed by atoms with E-state index in [1.165, 1.54) is 5.56 Å². The number of piperidine rings is 1. The van der Waals surface area contributed by atoms with Gasteiger partial charge in [-0.15, -0.1) is 11.3 Å². The first kappa shape index (κ1) is 11.1. The van der Waals surface area contributed by atoms with Crippen molar-refractivity contribution in [3.05, 3.63) is 20.8 Å². The minimum Gasteiger partial charge on any atom is -0.338 e. The lowest BCUT2D eigenvalue weighted by molar-refractivity contribution is -0.138. The van der Waals surface area contributed by atoms with Gasteiger partial charge >= 0.3 is 0 Å². The standard InChI is InChI=1S/C11H14BrNOS/c1-8-3-2-5-13(11(8)14)7-9-4-6-15-10(9)12/h4,6,8H,2-3,5,7H2,1H3. The molecule has 2 rings (SSSR count). The normalized spacial score (nSPS) is 22.1. The van der Waals surface area contributed by atoms with E-state index in [1.54, 1.807) is 11.3 Å². The second-order valence-electron chi connectivity index (χ2n) is 4.02. The Labute approximate surface area is 102 Å². The van der Waals surface area contributed by atoms with Crippen LogP contribution in [0.25, 0.3) is 0 Å². The van der Waals surface area contributed by atoms with Crippen molar-refractivity contribution in [3.63, 3.8) is 0 Å². The maximum atomic E-state index is 11.9. The van der Waals surface area contributed by atoms with Gasteiger partial charge in [0, 0.05) is 19.0 Å². The fraction of sp³-hybridized carbons (Fsp3) is 0.545. The molecule has 1 saturated heterocycles. The number of carbonyl (C=O) groups excluding carboxylic acids is 1. The van der Waals surface area contributed by atoms with Crippen molar-refractivity contribution in [2.45, 2.75) is 26.3 Å². The molecular formula is C11H14BrNOS. The number of rotatable bonds is 2. The van der Waals surface area contributed by atoms with E-state index in [1.807, 2.05) is 11.8 Å². The Hall–Kier alpha value is -0.350. The predicted octanol–water partition coefficient (Wildman–Crippen LogP) is 3.27. The maximum Gasteiger partial charge on any atom is 0.225 e. The lowest BCUT2D eigenvalue weighted by Gasteiger charge is -2.30. The van der Waals surface area contributed by atoms with Crippen LogP contribution in [-0.4, -0.2) is 17.4 Å². The van der Waals surface area contributed by atoms with E-state index in [9.17, 15) is 4.79 Å². The smallest absolute Gasteiger partial charge is 0.225 e. The molecule has 2 heterocycles. The first-order chi connectivity index (χ1) is 7.18.